The predicted octanol–water partition coefficient (Wildman–Crippen LogP) is 0.663. The van der Waals surface area contributed by atoms with Crippen molar-refractivity contribution in [3.63, 3.8) is 0 Å². The van der Waals surface area contributed by atoms with Crippen LogP contribution >= 0.6 is 11.6 Å². The highest BCUT2D eigenvalue weighted by Crippen LogP contribution is 2.15. The number of nitrogen functional groups attached to an aromatic ring is 1. The van der Waals surface area contributed by atoms with Crippen molar-refractivity contribution in [2.45, 2.75) is 0 Å². The third-order valence-corrected chi connectivity index (χ3v) is 1.93. The molecule has 0 aliphatic carbocycles. The maximum Gasteiger partial charge on any atom is 0.335 e. The van der Waals surface area contributed by atoms with Crippen LogP contribution in [0.4, 0.5) is 5.95 Å². The van der Waals surface area contributed by atoms with E-state index in [4.69, 9.17) is 22.4 Å². The molecule has 0 saturated carbocycles. The van der Waals surface area contributed by atoms with Crippen molar-refractivity contribution in [2.75, 3.05) is 5.73 Å². The van der Waals surface area contributed by atoms with E-state index in [9.17, 15) is 4.79 Å². The molecule has 0 atom stereocenters. The molecule has 72 valence electrons. The zero-order valence-electron chi connectivity index (χ0n) is 6.81. The van der Waals surface area contributed by atoms with Crippen molar-refractivity contribution < 1.29 is 9.90 Å². The third kappa shape index (κ3) is 1.25. The molecule has 0 bridgehead atoms. The van der Waals surface area contributed by atoms with Gasteiger partial charge >= 0.3 is 5.97 Å². The number of aromatic nitrogens is 3. The van der Waals surface area contributed by atoms with Crippen LogP contribution in [0, 0.1) is 0 Å². The Balaban J connectivity index is 2.77. The first-order chi connectivity index (χ1) is 6.58. The van der Waals surface area contributed by atoms with E-state index in [2.05, 4.69) is 10.1 Å². The maximum absolute atomic E-state index is 10.7. The van der Waals surface area contributed by atoms with Gasteiger partial charge in [0, 0.05) is 0 Å². The molecule has 0 spiro atoms. The summed E-state index contributed by atoms with van der Waals surface area (Å²) in [6.07, 6.45) is 0. The third-order valence-electron chi connectivity index (χ3n) is 1.66. The molecule has 6 nitrogen and oxygen atoms in total. The molecule has 0 aliphatic heterocycles. The molecule has 7 heteroatoms. The van der Waals surface area contributed by atoms with E-state index in [1.54, 1.807) is 0 Å². The average Bonchev–Trinajstić information content (AvgIpc) is 2.45. The van der Waals surface area contributed by atoms with Crippen LogP contribution in [0.3, 0.4) is 0 Å². The van der Waals surface area contributed by atoms with Gasteiger partial charge in [0.15, 0.2) is 5.65 Å². The van der Waals surface area contributed by atoms with Crippen LogP contribution in [0.15, 0.2) is 12.1 Å². The van der Waals surface area contributed by atoms with Crippen LogP contribution in [0.5, 0.6) is 0 Å². The number of hydrogen-bond acceptors (Lipinski definition) is 4. The number of carboxylic acids is 1. The Hall–Kier alpha value is -1.82. The van der Waals surface area contributed by atoms with E-state index >= 15 is 0 Å². The van der Waals surface area contributed by atoms with Crippen molar-refractivity contribution >= 4 is 29.2 Å². The maximum atomic E-state index is 10.7. The molecule has 0 aliphatic rings. The summed E-state index contributed by atoms with van der Waals surface area (Å²) >= 11 is 5.76. The molecule has 0 unspecified atom stereocenters. The van der Waals surface area contributed by atoms with Gasteiger partial charge < -0.3 is 10.8 Å². The number of nitrogens with zero attached hydrogens (tertiary/aromatic N) is 3. The normalized spacial score (nSPS) is 10.6. The summed E-state index contributed by atoms with van der Waals surface area (Å²) in [5, 5.41) is 12.7. The van der Waals surface area contributed by atoms with Crippen LogP contribution < -0.4 is 5.73 Å². The number of carboxylic acid groups (broad SMARTS) is 1. The first-order valence-electron chi connectivity index (χ1n) is 3.63. The van der Waals surface area contributed by atoms with Gasteiger partial charge in [0.05, 0.1) is 5.56 Å². The van der Waals surface area contributed by atoms with Gasteiger partial charge in [0.1, 0.15) is 5.15 Å². The second-order valence-electron chi connectivity index (χ2n) is 2.61. The standard InChI is InChI=1S/C7H5ClN4O2/c8-4-1-3(6(13)14)2-5-10-7(9)11-12(4)5/h1-2H,(H2,9,11)(H,13,14). The zero-order valence-corrected chi connectivity index (χ0v) is 7.56. The van der Waals surface area contributed by atoms with Gasteiger partial charge in [-0.05, 0) is 12.1 Å². The summed E-state index contributed by atoms with van der Waals surface area (Å²) in [5.41, 5.74) is 5.70. The number of carbonyl (C=O) groups is 1. The lowest BCUT2D eigenvalue weighted by Crippen LogP contribution is -1.99. The summed E-state index contributed by atoms with van der Waals surface area (Å²) in [5.74, 6) is -1.02. The summed E-state index contributed by atoms with van der Waals surface area (Å²) in [4.78, 5) is 14.5. The Morgan fingerprint density at radius 3 is 2.93 bits per heavy atom. The number of halogens is 1. The molecule has 0 amide bonds. The SMILES string of the molecule is Nc1nc2cc(C(=O)O)cc(Cl)n2n1. The Morgan fingerprint density at radius 1 is 1.57 bits per heavy atom. The van der Waals surface area contributed by atoms with Crippen LogP contribution in [-0.2, 0) is 0 Å². The Bertz CT molecular complexity index is 522. The fourth-order valence-corrected chi connectivity index (χ4v) is 1.33. The number of hydrogen-bond donors (Lipinski definition) is 2. The quantitative estimate of drug-likeness (QED) is 0.678. The van der Waals surface area contributed by atoms with Crippen LogP contribution in [0.1, 0.15) is 10.4 Å². The molecule has 14 heavy (non-hydrogen) atoms. The zero-order chi connectivity index (χ0) is 10.3. The van der Waals surface area contributed by atoms with Crippen LogP contribution in [0.2, 0.25) is 5.15 Å². The van der Waals surface area contributed by atoms with Gasteiger partial charge in [0.2, 0.25) is 5.95 Å². The number of aromatic carboxylic acids is 1. The molecular weight excluding hydrogens is 208 g/mol. The highest BCUT2D eigenvalue weighted by molar-refractivity contribution is 6.30. The molecule has 0 saturated heterocycles. The van der Waals surface area contributed by atoms with E-state index in [0.29, 0.717) is 5.65 Å². The molecule has 0 radical (unpaired) electrons. The van der Waals surface area contributed by atoms with Gasteiger partial charge in [-0.3, -0.25) is 0 Å². The lowest BCUT2D eigenvalue weighted by Gasteiger charge is -1.97. The molecule has 3 N–H and O–H groups in total. The second kappa shape index (κ2) is 2.85. The van der Waals surface area contributed by atoms with Crippen LogP contribution in [0.25, 0.3) is 5.65 Å². The van der Waals surface area contributed by atoms with Crippen molar-refractivity contribution in [3.05, 3.63) is 22.8 Å². The highest BCUT2D eigenvalue weighted by Gasteiger charge is 2.10. The molecule has 0 aromatic carbocycles. The molecule has 2 aromatic rings. The fourth-order valence-electron chi connectivity index (χ4n) is 1.09. The highest BCUT2D eigenvalue weighted by atomic mass is 35.5. The van der Waals surface area contributed by atoms with E-state index < -0.39 is 5.97 Å². The van der Waals surface area contributed by atoms with E-state index in [1.165, 1.54) is 16.6 Å². The van der Waals surface area contributed by atoms with Gasteiger partial charge in [-0.15, -0.1) is 5.10 Å². The topological polar surface area (TPSA) is 93.5 Å². The van der Waals surface area contributed by atoms with Crippen molar-refractivity contribution in [2.24, 2.45) is 0 Å². The number of nitrogens with two attached hydrogens (primary N) is 1. The predicted molar refractivity (Wildman–Crippen MR) is 49.4 cm³/mol. The minimum Gasteiger partial charge on any atom is -0.478 e. The van der Waals surface area contributed by atoms with E-state index in [1.807, 2.05) is 0 Å². The summed E-state index contributed by atoms with van der Waals surface area (Å²) in [6, 6.07) is 2.63. The van der Waals surface area contributed by atoms with Crippen molar-refractivity contribution in [1.82, 2.24) is 14.6 Å². The molecule has 0 fully saturated rings. The van der Waals surface area contributed by atoms with Gasteiger partial charge in [-0.2, -0.15) is 4.98 Å². The Labute approximate surface area is 82.9 Å². The van der Waals surface area contributed by atoms with Crippen molar-refractivity contribution in [3.8, 4) is 0 Å². The summed E-state index contributed by atoms with van der Waals surface area (Å²) in [7, 11) is 0. The van der Waals surface area contributed by atoms with Crippen molar-refractivity contribution in [1.29, 1.82) is 0 Å². The minimum atomic E-state index is -1.07. The fraction of sp³-hybridized carbons (Fsp3) is 0. The Morgan fingerprint density at radius 2 is 2.29 bits per heavy atom. The molecule has 2 rings (SSSR count). The summed E-state index contributed by atoms with van der Waals surface area (Å²) in [6.45, 7) is 0. The average molecular weight is 213 g/mol. The number of pyridine rings is 1. The summed E-state index contributed by atoms with van der Waals surface area (Å²) < 4.78 is 1.27. The lowest BCUT2D eigenvalue weighted by molar-refractivity contribution is 0.0697. The molecule has 2 aromatic heterocycles. The minimum absolute atomic E-state index is 0.0504. The second-order valence-corrected chi connectivity index (χ2v) is 3.00. The molecular formula is C7H5ClN4O2. The Kier molecular flexibility index (Phi) is 1.78. The smallest absolute Gasteiger partial charge is 0.335 e. The monoisotopic (exact) mass is 212 g/mol. The van der Waals surface area contributed by atoms with Gasteiger partial charge in [0.25, 0.3) is 0 Å². The number of rotatable bonds is 1. The molecule has 2 heterocycles. The number of fused-ring (bicyclic) bond motifs is 1. The largest absolute Gasteiger partial charge is 0.478 e. The van der Waals surface area contributed by atoms with E-state index in [-0.39, 0.29) is 16.7 Å². The first kappa shape index (κ1) is 8.76. The lowest BCUT2D eigenvalue weighted by atomic mass is 10.3. The van der Waals surface area contributed by atoms with Crippen LogP contribution in [-0.4, -0.2) is 25.7 Å². The van der Waals surface area contributed by atoms with E-state index in [0.717, 1.165) is 0 Å². The van der Waals surface area contributed by atoms with Gasteiger partial charge in [-0.1, -0.05) is 11.6 Å². The number of anilines is 1. The van der Waals surface area contributed by atoms with Gasteiger partial charge in [-0.25, -0.2) is 9.31 Å². The first-order valence-corrected chi connectivity index (χ1v) is 4.01.